The highest BCUT2D eigenvalue weighted by atomic mass is 127. The SMILES string of the molecule is Cc1cc(C(C)(F)F)cc(O)c1I. The first kappa shape index (κ1) is 10.7. The molecule has 0 radical (unpaired) electrons. The van der Waals surface area contributed by atoms with Crippen LogP contribution < -0.4 is 0 Å². The maximum Gasteiger partial charge on any atom is 0.270 e. The van der Waals surface area contributed by atoms with E-state index in [0.717, 1.165) is 13.0 Å². The fourth-order valence-corrected chi connectivity index (χ4v) is 1.32. The van der Waals surface area contributed by atoms with Crippen molar-refractivity contribution in [2.24, 2.45) is 0 Å². The molecule has 0 aliphatic carbocycles. The molecule has 0 atom stereocenters. The lowest BCUT2D eigenvalue weighted by Crippen LogP contribution is -2.07. The monoisotopic (exact) mass is 298 g/mol. The first-order valence-corrected chi connectivity index (χ1v) is 4.77. The standard InChI is InChI=1S/C9H9F2IO/c1-5-3-6(9(2,10)11)4-7(13)8(5)12/h3-4,13H,1-2H3. The summed E-state index contributed by atoms with van der Waals surface area (Å²) in [5, 5.41) is 9.30. The Morgan fingerprint density at radius 2 is 1.92 bits per heavy atom. The lowest BCUT2D eigenvalue weighted by Gasteiger charge is -2.12. The number of rotatable bonds is 1. The Morgan fingerprint density at radius 1 is 1.38 bits per heavy atom. The van der Waals surface area contributed by atoms with E-state index in [2.05, 4.69) is 0 Å². The molecule has 0 spiro atoms. The van der Waals surface area contributed by atoms with E-state index in [4.69, 9.17) is 0 Å². The van der Waals surface area contributed by atoms with Crippen molar-refractivity contribution in [2.75, 3.05) is 0 Å². The van der Waals surface area contributed by atoms with Crippen molar-refractivity contribution in [2.45, 2.75) is 19.8 Å². The smallest absolute Gasteiger partial charge is 0.270 e. The van der Waals surface area contributed by atoms with Gasteiger partial charge in [-0.3, -0.25) is 0 Å². The van der Waals surface area contributed by atoms with Gasteiger partial charge in [0.25, 0.3) is 5.92 Å². The van der Waals surface area contributed by atoms with E-state index in [0.29, 0.717) is 9.13 Å². The van der Waals surface area contributed by atoms with Gasteiger partial charge in [0, 0.05) is 12.5 Å². The normalized spacial score (nSPS) is 11.8. The highest BCUT2D eigenvalue weighted by Gasteiger charge is 2.25. The molecule has 0 unspecified atom stereocenters. The van der Waals surface area contributed by atoms with E-state index in [1.807, 2.05) is 22.6 Å². The van der Waals surface area contributed by atoms with Crippen LogP contribution in [0.4, 0.5) is 8.78 Å². The second kappa shape index (κ2) is 3.40. The summed E-state index contributed by atoms with van der Waals surface area (Å²) in [6.07, 6.45) is 0. The maximum absolute atomic E-state index is 12.8. The minimum Gasteiger partial charge on any atom is -0.507 e. The average Bonchev–Trinajstić information content (AvgIpc) is 1.97. The number of aryl methyl sites for hydroxylation is 1. The molecular weight excluding hydrogens is 289 g/mol. The molecule has 0 heterocycles. The first-order valence-electron chi connectivity index (χ1n) is 3.70. The van der Waals surface area contributed by atoms with Gasteiger partial charge in [0.1, 0.15) is 5.75 Å². The van der Waals surface area contributed by atoms with Gasteiger partial charge >= 0.3 is 0 Å². The van der Waals surface area contributed by atoms with Crippen LogP contribution in [-0.4, -0.2) is 5.11 Å². The molecule has 1 nitrogen and oxygen atoms in total. The topological polar surface area (TPSA) is 20.2 Å². The summed E-state index contributed by atoms with van der Waals surface area (Å²) in [4.78, 5) is 0. The zero-order valence-corrected chi connectivity index (χ0v) is 9.39. The van der Waals surface area contributed by atoms with Gasteiger partial charge in [-0.15, -0.1) is 0 Å². The van der Waals surface area contributed by atoms with Crippen LogP contribution in [0, 0.1) is 10.5 Å². The van der Waals surface area contributed by atoms with Crippen LogP contribution in [0.5, 0.6) is 5.75 Å². The summed E-state index contributed by atoms with van der Waals surface area (Å²) in [7, 11) is 0. The predicted molar refractivity (Wildman–Crippen MR) is 55.1 cm³/mol. The average molecular weight is 298 g/mol. The third-order valence-corrected chi connectivity index (χ3v) is 3.15. The lowest BCUT2D eigenvalue weighted by atomic mass is 10.1. The van der Waals surface area contributed by atoms with Crippen LogP contribution >= 0.6 is 22.6 Å². The van der Waals surface area contributed by atoms with Gasteiger partial charge in [-0.25, -0.2) is 8.78 Å². The largest absolute Gasteiger partial charge is 0.507 e. The summed E-state index contributed by atoms with van der Waals surface area (Å²) in [6, 6.07) is 2.50. The van der Waals surface area contributed by atoms with Crippen molar-refractivity contribution in [3.05, 3.63) is 26.8 Å². The molecule has 72 valence electrons. The van der Waals surface area contributed by atoms with E-state index < -0.39 is 5.92 Å². The van der Waals surface area contributed by atoms with Gasteiger partial charge in [-0.2, -0.15) is 0 Å². The van der Waals surface area contributed by atoms with Crippen molar-refractivity contribution in [1.29, 1.82) is 0 Å². The second-order valence-corrected chi connectivity index (χ2v) is 4.09. The van der Waals surface area contributed by atoms with E-state index in [1.165, 1.54) is 6.07 Å². The molecule has 0 saturated heterocycles. The number of aromatic hydroxyl groups is 1. The Kier molecular flexibility index (Phi) is 2.79. The van der Waals surface area contributed by atoms with Crippen molar-refractivity contribution in [3.8, 4) is 5.75 Å². The van der Waals surface area contributed by atoms with E-state index in [1.54, 1.807) is 6.92 Å². The number of halogens is 3. The minimum absolute atomic E-state index is 0.0860. The van der Waals surface area contributed by atoms with E-state index >= 15 is 0 Å². The van der Waals surface area contributed by atoms with Crippen molar-refractivity contribution in [1.82, 2.24) is 0 Å². The van der Waals surface area contributed by atoms with Gasteiger partial charge in [-0.05, 0) is 47.2 Å². The Bertz CT molecular complexity index is 308. The second-order valence-electron chi connectivity index (χ2n) is 3.01. The van der Waals surface area contributed by atoms with Gasteiger partial charge in [0.15, 0.2) is 0 Å². The third-order valence-electron chi connectivity index (χ3n) is 1.74. The number of phenols is 1. The molecule has 0 aliphatic heterocycles. The van der Waals surface area contributed by atoms with Gasteiger partial charge in [-0.1, -0.05) is 0 Å². The first-order chi connectivity index (χ1) is 5.82. The van der Waals surface area contributed by atoms with Gasteiger partial charge in [0.05, 0.1) is 3.57 Å². The van der Waals surface area contributed by atoms with E-state index in [9.17, 15) is 13.9 Å². The molecule has 0 saturated carbocycles. The fourth-order valence-electron chi connectivity index (χ4n) is 1.00. The molecule has 0 aromatic heterocycles. The van der Waals surface area contributed by atoms with E-state index in [-0.39, 0.29) is 11.3 Å². The summed E-state index contributed by atoms with van der Waals surface area (Å²) in [5.41, 5.74) is 0.514. The quantitative estimate of drug-likeness (QED) is 0.788. The Balaban J connectivity index is 3.29. The predicted octanol–water partition coefficient (Wildman–Crippen LogP) is 3.42. The molecule has 1 aromatic carbocycles. The van der Waals surface area contributed by atoms with Crippen molar-refractivity contribution < 1.29 is 13.9 Å². The molecule has 0 amide bonds. The number of benzene rings is 1. The summed E-state index contributed by atoms with van der Waals surface area (Å²) in [5.74, 6) is -2.98. The van der Waals surface area contributed by atoms with Crippen LogP contribution in [0.25, 0.3) is 0 Å². The summed E-state index contributed by atoms with van der Waals surface area (Å²) in [6.45, 7) is 2.50. The van der Waals surface area contributed by atoms with Gasteiger partial charge < -0.3 is 5.11 Å². The van der Waals surface area contributed by atoms with Crippen LogP contribution in [0.15, 0.2) is 12.1 Å². The Morgan fingerprint density at radius 3 is 2.31 bits per heavy atom. The number of hydrogen-bond acceptors (Lipinski definition) is 1. The van der Waals surface area contributed by atoms with Crippen LogP contribution in [0.3, 0.4) is 0 Å². The Hall–Kier alpha value is -0.390. The molecule has 1 rings (SSSR count). The summed E-state index contributed by atoms with van der Waals surface area (Å²) >= 11 is 1.92. The molecule has 1 aromatic rings. The molecule has 0 fully saturated rings. The van der Waals surface area contributed by atoms with Crippen molar-refractivity contribution >= 4 is 22.6 Å². The van der Waals surface area contributed by atoms with Crippen molar-refractivity contribution in [3.63, 3.8) is 0 Å². The fraction of sp³-hybridized carbons (Fsp3) is 0.333. The van der Waals surface area contributed by atoms with Crippen LogP contribution in [0.1, 0.15) is 18.1 Å². The molecule has 13 heavy (non-hydrogen) atoms. The van der Waals surface area contributed by atoms with Gasteiger partial charge in [0.2, 0.25) is 0 Å². The number of hydrogen-bond donors (Lipinski definition) is 1. The Labute approximate surface area is 88.9 Å². The molecule has 0 bridgehead atoms. The highest BCUT2D eigenvalue weighted by molar-refractivity contribution is 14.1. The lowest BCUT2D eigenvalue weighted by molar-refractivity contribution is 0.0171. The van der Waals surface area contributed by atoms with Crippen LogP contribution in [-0.2, 0) is 5.92 Å². The van der Waals surface area contributed by atoms with Crippen LogP contribution in [0.2, 0.25) is 0 Å². The molecule has 4 heteroatoms. The third kappa shape index (κ3) is 2.30. The molecule has 1 N–H and O–H groups in total. The highest BCUT2D eigenvalue weighted by Crippen LogP contribution is 2.33. The molecule has 0 aliphatic rings. The number of phenolic OH excluding ortho intramolecular Hbond substituents is 1. The molecular formula is C9H9F2IO. The zero-order valence-electron chi connectivity index (χ0n) is 7.24. The zero-order chi connectivity index (χ0) is 10.2. The summed E-state index contributed by atoms with van der Waals surface area (Å²) < 4.78 is 26.3. The number of alkyl halides is 2. The minimum atomic E-state index is -2.90. The maximum atomic E-state index is 12.8.